The van der Waals surface area contributed by atoms with Gasteiger partial charge < -0.3 is 0 Å². The van der Waals surface area contributed by atoms with Crippen LogP contribution in [0, 0.1) is 20.6 Å². The minimum absolute atomic E-state index is 0.298. The summed E-state index contributed by atoms with van der Waals surface area (Å²) in [6.45, 7) is -3.22. The van der Waals surface area contributed by atoms with Gasteiger partial charge >= 0.3 is 11.5 Å². The van der Waals surface area contributed by atoms with Crippen molar-refractivity contribution >= 4 is 0 Å². The van der Waals surface area contributed by atoms with Gasteiger partial charge in [-0.2, -0.15) is 0 Å². The van der Waals surface area contributed by atoms with E-state index in [0.29, 0.717) is 5.56 Å². The SMILES string of the molecule is [2H]C([2H])([2H])c1cc(C)cc(C([2H])([2H])[2H])[o+]1. The van der Waals surface area contributed by atoms with E-state index in [0.717, 1.165) is 0 Å². The molecule has 0 atom stereocenters. The van der Waals surface area contributed by atoms with E-state index in [9.17, 15) is 0 Å². The molecule has 0 aromatic carbocycles. The van der Waals surface area contributed by atoms with Crippen molar-refractivity contribution in [1.29, 1.82) is 0 Å². The Morgan fingerprint density at radius 2 is 1.89 bits per heavy atom. The fourth-order valence-electron chi connectivity index (χ4n) is 0.633. The first kappa shape index (κ1) is 2.08. The Hall–Kier alpha value is -0.850. The molecule has 0 saturated heterocycles. The Balaban J connectivity index is 3.30. The monoisotopic (exact) mass is 129 g/mol. The summed E-state index contributed by atoms with van der Waals surface area (Å²) in [6.07, 6.45) is 0. The van der Waals surface area contributed by atoms with Crippen LogP contribution in [0.1, 0.15) is 25.3 Å². The molecule has 1 aromatic heterocycles. The number of rotatable bonds is 0. The standard InChI is InChI=1S/C8H11O/c1-6-4-7(2)9-8(3)5-6/h4-5H,1-3H3/q+1/i2D3,3D3. The fourth-order valence-corrected chi connectivity index (χ4v) is 0.633. The molecule has 0 aliphatic carbocycles. The fraction of sp³-hybridized carbons (Fsp3) is 0.375. The van der Waals surface area contributed by atoms with Gasteiger partial charge in [-0.15, -0.1) is 0 Å². The van der Waals surface area contributed by atoms with Gasteiger partial charge in [0.2, 0.25) is 0 Å². The van der Waals surface area contributed by atoms with Gasteiger partial charge in [-0.25, -0.2) is 4.42 Å². The zero-order valence-corrected chi connectivity index (χ0v) is 5.06. The Morgan fingerprint density at radius 1 is 1.33 bits per heavy atom. The molecule has 0 unspecified atom stereocenters. The van der Waals surface area contributed by atoms with E-state index in [1.54, 1.807) is 6.92 Å². The Kier molecular flexibility index (Phi) is 0.503. The number of hydrogen-bond acceptors (Lipinski definition) is 0. The van der Waals surface area contributed by atoms with Crippen LogP contribution >= 0.6 is 0 Å². The Morgan fingerprint density at radius 3 is 2.33 bits per heavy atom. The topological polar surface area (TPSA) is 11.3 Å². The molecule has 0 N–H and O–H groups in total. The molecular weight excluding hydrogens is 112 g/mol. The molecule has 1 heterocycles. The highest BCUT2D eigenvalue weighted by Gasteiger charge is 2.03. The van der Waals surface area contributed by atoms with Crippen molar-refractivity contribution in [2.75, 3.05) is 0 Å². The lowest BCUT2D eigenvalue weighted by molar-refractivity contribution is 0.484. The summed E-state index contributed by atoms with van der Waals surface area (Å²) in [5.41, 5.74) is 0.554. The van der Waals surface area contributed by atoms with Gasteiger partial charge in [0.05, 0.1) is 13.7 Å². The summed E-state index contributed by atoms with van der Waals surface area (Å²) in [6, 6.07) is 2.64. The van der Waals surface area contributed by atoms with Crippen molar-refractivity contribution in [3.05, 3.63) is 29.2 Å². The predicted molar refractivity (Wildman–Crippen MR) is 37.3 cm³/mol. The average molecular weight is 129 g/mol. The first-order chi connectivity index (χ1) is 6.60. The third kappa shape index (κ3) is 1.53. The van der Waals surface area contributed by atoms with Crippen molar-refractivity contribution in [3.63, 3.8) is 0 Å². The highest BCUT2D eigenvalue weighted by molar-refractivity contribution is 5.14. The molecule has 0 saturated carbocycles. The van der Waals surface area contributed by atoms with Crippen molar-refractivity contribution in [2.45, 2.75) is 20.6 Å². The molecule has 1 heteroatoms. The molecule has 1 nitrogen and oxygen atoms in total. The smallest absolute Gasteiger partial charge is 0.218 e. The van der Waals surface area contributed by atoms with Gasteiger partial charge in [-0.1, -0.05) is 0 Å². The lowest BCUT2D eigenvalue weighted by Gasteiger charge is -1.84. The van der Waals surface area contributed by atoms with E-state index in [1.807, 2.05) is 0 Å². The van der Waals surface area contributed by atoms with E-state index in [1.165, 1.54) is 12.1 Å². The van der Waals surface area contributed by atoms with Crippen LogP contribution in [0.25, 0.3) is 0 Å². The molecule has 0 fully saturated rings. The van der Waals surface area contributed by atoms with Crippen LogP contribution in [0.2, 0.25) is 0 Å². The molecule has 48 valence electrons. The molecule has 0 radical (unpaired) electrons. The first-order valence-electron chi connectivity index (χ1n) is 5.56. The van der Waals surface area contributed by atoms with Gasteiger partial charge in [-0.05, 0) is 12.5 Å². The van der Waals surface area contributed by atoms with Crippen LogP contribution in [-0.4, -0.2) is 0 Å². The van der Waals surface area contributed by atoms with E-state index in [2.05, 4.69) is 0 Å². The highest BCUT2D eigenvalue weighted by atomic mass is 16.3. The third-order valence-electron chi connectivity index (χ3n) is 0.937. The summed E-state index contributed by atoms with van der Waals surface area (Å²) in [5, 5.41) is 0. The summed E-state index contributed by atoms with van der Waals surface area (Å²) >= 11 is 0. The molecule has 0 bridgehead atoms. The maximum absolute atomic E-state index is 7.13. The van der Waals surface area contributed by atoms with E-state index >= 15 is 0 Å². The van der Waals surface area contributed by atoms with E-state index in [-0.39, 0.29) is 11.5 Å². The van der Waals surface area contributed by atoms with Crippen molar-refractivity contribution in [2.24, 2.45) is 0 Å². The zero-order chi connectivity index (χ0) is 11.9. The van der Waals surface area contributed by atoms with Crippen molar-refractivity contribution in [3.8, 4) is 0 Å². The summed E-state index contributed by atoms with van der Waals surface area (Å²) < 4.78 is 47.6. The average Bonchev–Trinajstić information content (AvgIpc) is 1.99. The molecule has 1 rings (SSSR count). The van der Waals surface area contributed by atoms with Gasteiger partial charge in [0.15, 0.2) is 0 Å². The lowest BCUT2D eigenvalue weighted by Crippen LogP contribution is -1.78. The minimum atomic E-state index is -2.42. The van der Waals surface area contributed by atoms with Crippen LogP contribution in [0.4, 0.5) is 0 Å². The maximum Gasteiger partial charge on any atom is 0.326 e. The number of hydrogen-bond donors (Lipinski definition) is 0. The molecular formula is C8H11O+. The van der Waals surface area contributed by atoms with E-state index in [4.69, 9.17) is 12.6 Å². The second-order valence-corrected chi connectivity index (χ2v) is 1.86. The predicted octanol–water partition coefficient (Wildman–Crippen LogP) is 2.49. The molecule has 0 amide bonds. The van der Waals surface area contributed by atoms with Crippen LogP contribution in [-0.2, 0) is 0 Å². The molecule has 1 aromatic rings. The molecule has 0 aliphatic heterocycles. The largest absolute Gasteiger partial charge is 0.326 e. The third-order valence-corrected chi connectivity index (χ3v) is 0.937. The summed E-state index contributed by atoms with van der Waals surface area (Å²) in [7, 11) is 0. The second kappa shape index (κ2) is 2.18. The second-order valence-electron chi connectivity index (χ2n) is 1.86. The minimum Gasteiger partial charge on any atom is -0.218 e. The lowest BCUT2D eigenvalue weighted by atomic mass is 10.2. The van der Waals surface area contributed by atoms with Crippen LogP contribution in [0.5, 0.6) is 0 Å². The van der Waals surface area contributed by atoms with Crippen molar-refractivity contribution < 1.29 is 12.6 Å². The van der Waals surface area contributed by atoms with Crippen LogP contribution in [0.3, 0.4) is 0 Å². The van der Waals surface area contributed by atoms with Crippen molar-refractivity contribution in [1.82, 2.24) is 0 Å². The summed E-state index contributed by atoms with van der Waals surface area (Å²) in [4.78, 5) is 0. The quantitative estimate of drug-likeness (QED) is 0.490. The molecule has 0 spiro atoms. The van der Waals surface area contributed by atoms with Crippen LogP contribution in [0.15, 0.2) is 16.5 Å². The normalized spacial score (nSPS) is 22.3. The Bertz CT molecular complexity index is 332. The number of aryl methyl sites for hydroxylation is 3. The van der Waals surface area contributed by atoms with Crippen LogP contribution < -0.4 is 0 Å². The highest BCUT2D eigenvalue weighted by Crippen LogP contribution is 2.06. The van der Waals surface area contributed by atoms with E-state index < -0.39 is 13.7 Å². The molecule has 0 aliphatic rings. The maximum atomic E-state index is 7.13. The Labute approximate surface area is 63.8 Å². The molecule has 9 heavy (non-hydrogen) atoms. The zero-order valence-electron chi connectivity index (χ0n) is 11.1. The van der Waals surface area contributed by atoms with Gasteiger partial charge in [0.1, 0.15) is 0 Å². The first-order valence-corrected chi connectivity index (χ1v) is 2.56. The van der Waals surface area contributed by atoms with Gasteiger partial charge in [-0.3, -0.25) is 0 Å². The van der Waals surface area contributed by atoms with Gasteiger partial charge in [0.25, 0.3) is 0 Å². The summed E-state index contributed by atoms with van der Waals surface area (Å²) in [5.74, 6) is -0.595. The van der Waals surface area contributed by atoms with Gasteiger partial charge in [0, 0.05) is 20.4 Å².